The Morgan fingerprint density at radius 1 is 1.47 bits per heavy atom. The summed E-state index contributed by atoms with van der Waals surface area (Å²) >= 11 is 0. The number of rotatable bonds is 5. The molecule has 2 N–H and O–H groups in total. The van der Waals surface area contributed by atoms with Crippen molar-refractivity contribution in [1.29, 1.82) is 0 Å². The van der Waals surface area contributed by atoms with Gasteiger partial charge >= 0.3 is 6.03 Å². The molecule has 0 aliphatic carbocycles. The van der Waals surface area contributed by atoms with Crippen LogP contribution >= 0.6 is 0 Å². The third-order valence-electron chi connectivity index (χ3n) is 3.54. The number of anilines is 1. The molecule has 0 radical (unpaired) electrons. The lowest BCUT2D eigenvalue weighted by Crippen LogP contribution is -2.42. The topological polar surface area (TPSA) is 62.2 Å². The first kappa shape index (κ1) is 13.9. The largest absolute Gasteiger partial charge is 0.336 e. The normalized spacial score (nSPS) is 17.4. The molecule has 19 heavy (non-hydrogen) atoms. The van der Waals surface area contributed by atoms with Crippen molar-refractivity contribution in [3.8, 4) is 0 Å². The smallest absolute Gasteiger partial charge is 0.319 e. The number of aryl methyl sites for hydroxylation is 1. The number of likely N-dealkylation sites (tertiary alicyclic amines) is 1. The number of hydrogen-bond acceptors (Lipinski definition) is 3. The summed E-state index contributed by atoms with van der Waals surface area (Å²) in [7, 11) is 0. The lowest BCUT2D eigenvalue weighted by molar-refractivity contribution is 0.234. The minimum Gasteiger partial charge on any atom is -0.336 e. The minimum atomic E-state index is -0.165. The Morgan fingerprint density at radius 3 is 2.84 bits per heavy atom. The minimum absolute atomic E-state index is 0.165. The predicted octanol–water partition coefficient (Wildman–Crippen LogP) is 1.51. The number of amides is 2. The second-order valence-electron chi connectivity index (χ2n) is 5.01. The fraction of sp³-hybridized carbons (Fsp3) is 0.692. The fourth-order valence-electron chi connectivity index (χ4n) is 2.33. The molecule has 1 aromatic heterocycles. The van der Waals surface area contributed by atoms with E-state index in [0.717, 1.165) is 25.3 Å². The van der Waals surface area contributed by atoms with Crippen molar-refractivity contribution >= 4 is 11.7 Å². The van der Waals surface area contributed by atoms with Gasteiger partial charge < -0.3 is 10.6 Å². The van der Waals surface area contributed by atoms with Crippen molar-refractivity contribution in [3.05, 3.63) is 12.4 Å². The van der Waals surface area contributed by atoms with E-state index in [9.17, 15) is 4.79 Å². The van der Waals surface area contributed by atoms with Crippen molar-refractivity contribution in [1.82, 2.24) is 20.0 Å². The number of nitrogens with zero attached hydrogens (tertiary/aromatic N) is 3. The molecular weight excluding hydrogens is 242 g/mol. The van der Waals surface area contributed by atoms with Crippen molar-refractivity contribution in [2.24, 2.45) is 0 Å². The second kappa shape index (κ2) is 6.56. The molecule has 0 bridgehead atoms. The van der Waals surface area contributed by atoms with Crippen molar-refractivity contribution in [3.63, 3.8) is 0 Å². The molecule has 6 heteroatoms. The van der Waals surface area contributed by atoms with Gasteiger partial charge in [-0.3, -0.25) is 9.58 Å². The summed E-state index contributed by atoms with van der Waals surface area (Å²) in [6.45, 7) is 7.93. The van der Waals surface area contributed by atoms with Crippen LogP contribution in [0.15, 0.2) is 12.4 Å². The third-order valence-corrected chi connectivity index (χ3v) is 3.54. The zero-order valence-electron chi connectivity index (χ0n) is 11.7. The van der Waals surface area contributed by atoms with E-state index < -0.39 is 0 Å². The van der Waals surface area contributed by atoms with Crippen LogP contribution in [0.3, 0.4) is 0 Å². The molecule has 2 rings (SSSR count). The van der Waals surface area contributed by atoms with Crippen molar-refractivity contribution in [2.45, 2.75) is 39.3 Å². The standard InChI is InChI=1S/C13H23N5O/c1-3-18-10-12(9-15-18)16-13(19)14-8-11(2)17-6-4-5-7-17/h9-11H,3-8H2,1-2H3,(H2,14,16,19). The molecule has 1 unspecified atom stereocenters. The van der Waals surface area contributed by atoms with E-state index >= 15 is 0 Å². The first-order chi connectivity index (χ1) is 9.19. The highest BCUT2D eigenvalue weighted by Crippen LogP contribution is 2.10. The van der Waals surface area contributed by atoms with Crippen LogP contribution in [-0.4, -0.2) is 46.4 Å². The van der Waals surface area contributed by atoms with E-state index in [1.54, 1.807) is 10.9 Å². The van der Waals surface area contributed by atoms with Gasteiger partial charge in [0.25, 0.3) is 0 Å². The highest BCUT2D eigenvalue weighted by Gasteiger charge is 2.18. The maximum absolute atomic E-state index is 11.8. The maximum Gasteiger partial charge on any atom is 0.319 e. The van der Waals surface area contributed by atoms with Crippen LogP contribution in [0.4, 0.5) is 10.5 Å². The van der Waals surface area contributed by atoms with Gasteiger partial charge in [-0.2, -0.15) is 5.10 Å². The quantitative estimate of drug-likeness (QED) is 0.848. The van der Waals surface area contributed by atoms with Gasteiger partial charge in [-0.05, 0) is 39.8 Å². The lowest BCUT2D eigenvalue weighted by atomic mass is 10.3. The Morgan fingerprint density at radius 2 is 2.21 bits per heavy atom. The van der Waals surface area contributed by atoms with Crippen LogP contribution in [0.5, 0.6) is 0 Å². The average molecular weight is 265 g/mol. The third kappa shape index (κ3) is 3.96. The second-order valence-corrected chi connectivity index (χ2v) is 5.01. The van der Waals surface area contributed by atoms with Gasteiger partial charge in [-0.15, -0.1) is 0 Å². The van der Waals surface area contributed by atoms with E-state index in [1.165, 1.54) is 12.8 Å². The van der Waals surface area contributed by atoms with Crippen LogP contribution in [0.25, 0.3) is 0 Å². The van der Waals surface area contributed by atoms with Crippen LogP contribution < -0.4 is 10.6 Å². The monoisotopic (exact) mass is 265 g/mol. The fourth-order valence-corrected chi connectivity index (χ4v) is 2.33. The van der Waals surface area contributed by atoms with Gasteiger partial charge in [-0.25, -0.2) is 4.79 Å². The molecule has 0 spiro atoms. The van der Waals surface area contributed by atoms with Crippen molar-refractivity contribution < 1.29 is 4.79 Å². The summed E-state index contributed by atoms with van der Waals surface area (Å²) < 4.78 is 1.78. The first-order valence-electron chi connectivity index (χ1n) is 7.00. The summed E-state index contributed by atoms with van der Waals surface area (Å²) in [5.74, 6) is 0. The molecule has 0 saturated carbocycles. The molecule has 1 atom stereocenters. The molecule has 0 aromatic carbocycles. The zero-order chi connectivity index (χ0) is 13.7. The molecule has 1 saturated heterocycles. The van der Waals surface area contributed by atoms with E-state index in [1.807, 2.05) is 13.1 Å². The SMILES string of the molecule is CCn1cc(NC(=O)NCC(C)N2CCCC2)cn1. The number of hydrogen-bond donors (Lipinski definition) is 2. The summed E-state index contributed by atoms with van der Waals surface area (Å²) in [5.41, 5.74) is 0.730. The van der Waals surface area contributed by atoms with E-state index in [-0.39, 0.29) is 6.03 Å². The zero-order valence-corrected chi connectivity index (χ0v) is 11.7. The molecule has 2 amide bonds. The van der Waals surface area contributed by atoms with Crippen LogP contribution in [0.1, 0.15) is 26.7 Å². The Bertz CT molecular complexity index is 411. The predicted molar refractivity (Wildman–Crippen MR) is 75.2 cm³/mol. The summed E-state index contributed by atoms with van der Waals surface area (Å²) in [4.78, 5) is 14.2. The Labute approximate surface area is 114 Å². The molecule has 6 nitrogen and oxygen atoms in total. The number of urea groups is 1. The number of carbonyl (C=O) groups excluding carboxylic acids is 1. The Kier molecular flexibility index (Phi) is 4.79. The highest BCUT2D eigenvalue weighted by atomic mass is 16.2. The molecular formula is C13H23N5O. The summed E-state index contributed by atoms with van der Waals surface area (Å²) in [5, 5.41) is 9.81. The maximum atomic E-state index is 11.8. The molecule has 106 valence electrons. The number of nitrogens with one attached hydrogen (secondary N) is 2. The average Bonchev–Trinajstić information content (AvgIpc) is 3.06. The van der Waals surface area contributed by atoms with Gasteiger partial charge in [-0.1, -0.05) is 0 Å². The molecule has 1 aromatic rings. The van der Waals surface area contributed by atoms with Gasteiger partial charge in [0.15, 0.2) is 0 Å². The molecule has 2 heterocycles. The van der Waals surface area contributed by atoms with Crippen LogP contribution in [0, 0.1) is 0 Å². The van der Waals surface area contributed by atoms with E-state index in [0.29, 0.717) is 12.6 Å². The van der Waals surface area contributed by atoms with E-state index in [4.69, 9.17) is 0 Å². The molecule has 1 aliphatic rings. The lowest BCUT2D eigenvalue weighted by Gasteiger charge is -2.23. The first-order valence-corrected chi connectivity index (χ1v) is 7.00. The van der Waals surface area contributed by atoms with Gasteiger partial charge in [0.1, 0.15) is 0 Å². The van der Waals surface area contributed by atoms with Crippen LogP contribution in [0.2, 0.25) is 0 Å². The van der Waals surface area contributed by atoms with Gasteiger partial charge in [0.05, 0.1) is 11.9 Å². The van der Waals surface area contributed by atoms with Crippen LogP contribution in [-0.2, 0) is 6.54 Å². The Hall–Kier alpha value is -1.56. The molecule has 1 aliphatic heterocycles. The number of aromatic nitrogens is 2. The number of carbonyl (C=O) groups is 1. The Balaban J connectivity index is 1.71. The van der Waals surface area contributed by atoms with Gasteiger partial charge in [0.2, 0.25) is 0 Å². The van der Waals surface area contributed by atoms with Gasteiger partial charge in [0, 0.05) is 25.3 Å². The van der Waals surface area contributed by atoms with E-state index in [2.05, 4.69) is 27.6 Å². The summed E-state index contributed by atoms with van der Waals surface area (Å²) in [6.07, 6.45) is 6.02. The summed E-state index contributed by atoms with van der Waals surface area (Å²) in [6, 6.07) is 0.230. The molecule has 1 fully saturated rings. The van der Waals surface area contributed by atoms with Crippen molar-refractivity contribution in [2.75, 3.05) is 25.0 Å². The highest BCUT2D eigenvalue weighted by molar-refractivity contribution is 5.88.